The second-order valence-electron chi connectivity index (χ2n) is 3.81. The van der Waals surface area contributed by atoms with Crippen molar-refractivity contribution < 1.29 is 5.11 Å². The lowest BCUT2D eigenvalue weighted by molar-refractivity contribution is 0.475. The number of aromatic hydroxyl groups is 1. The van der Waals surface area contributed by atoms with E-state index in [4.69, 9.17) is 5.73 Å². The minimum absolute atomic E-state index is 0.302. The molecule has 84 valence electrons. The zero-order chi connectivity index (χ0) is 11.4. The molecule has 0 radical (unpaired) electrons. The summed E-state index contributed by atoms with van der Waals surface area (Å²) < 4.78 is 0. The third-order valence-corrected chi connectivity index (χ3v) is 3.58. The second kappa shape index (κ2) is 5.14. The summed E-state index contributed by atoms with van der Waals surface area (Å²) in [5.74, 6) is 0.634. The largest absolute Gasteiger partial charge is 0.508 e. The quantitative estimate of drug-likeness (QED) is 0.853. The molecule has 2 aromatic rings. The Hall–Kier alpha value is -1.32. The predicted molar refractivity (Wildman–Crippen MR) is 67.9 cm³/mol. The zero-order valence-corrected chi connectivity index (χ0v) is 9.78. The molecule has 3 heteroatoms. The van der Waals surface area contributed by atoms with E-state index in [0.717, 1.165) is 6.42 Å². The Bertz CT molecular complexity index is 422. The predicted octanol–water partition coefficient (Wildman–Crippen LogP) is 2.74. The maximum atomic E-state index is 9.24. The molecular formula is C13H15NOS. The van der Waals surface area contributed by atoms with Crippen LogP contribution in [0.25, 0.3) is 0 Å². The van der Waals surface area contributed by atoms with Gasteiger partial charge in [-0.1, -0.05) is 18.2 Å². The van der Waals surface area contributed by atoms with E-state index >= 15 is 0 Å². The van der Waals surface area contributed by atoms with Crippen molar-refractivity contribution in [2.24, 2.45) is 5.73 Å². The van der Waals surface area contributed by atoms with Crippen LogP contribution < -0.4 is 5.73 Å². The lowest BCUT2D eigenvalue weighted by Crippen LogP contribution is -2.14. The summed E-state index contributed by atoms with van der Waals surface area (Å²) in [7, 11) is 0. The first-order valence-electron chi connectivity index (χ1n) is 5.31. The highest BCUT2D eigenvalue weighted by Gasteiger charge is 2.11. The number of hydrogen-bond donors (Lipinski definition) is 2. The minimum atomic E-state index is 0.302. The lowest BCUT2D eigenvalue weighted by atomic mass is 9.95. The van der Waals surface area contributed by atoms with Gasteiger partial charge in [0.25, 0.3) is 0 Å². The van der Waals surface area contributed by atoms with Crippen molar-refractivity contribution in [3.63, 3.8) is 0 Å². The van der Waals surface area contributed by atoms with Crippen LogP contribution in [0.5, 0.6) is 5.75 Å². The number of nitrogens with two attached hydrogens (primary N) is 1. The first-order valence-corrected chi connectivity index (χ1v) is 6.19. The van der Waals surface area contributed by atoms with Gasteiger partial charge in [0.1, 0.15) is 5.75 Å². The van der Waals surface area contributed by atoms with Crippen LogP contribution in [0.4, 0.5) is 0 Å². The average molecular weight is 233 g/mol. The second-order valence-corrected chi connectivity index (χ2v) is 4.84. The molecular weight excluding hydrogens is 218 g/mol. The third-order valence-electron chi connectivity index (χ3n) is 2.68. The highest BCUT2D eigenvalue weighted by atomic mass is 32.1. The molecule has 0 fully saturated rings. The molecule has 1 heterocycles. The number of rotatable bonds is 4. The molecule has 16 heavy (non-hydrogen) atoms. The van der Waals surface area contributed by atoms with Gasteiger partial charge < -0.3 is 10.8 Å². The molecule has 2 rings (SSSR count). The van der Waals surface area contributed by atoms with Crippen LogP contribution in [-0.4, -0.2) is 11.7 Å². The summed E-state index contributed by atoms with van der Waals surface area (Å²) in [4.78, 5) is 1.35. The Morgan fingerprint density at radius 2 is 1.94 bits per heavy atom. The SMILES string of the molecule is NCC(Cc1cccs1)c1ccc(O)cc1. The van der Waals surface area contributed by atoms with Gasteiger partial charge >= 0.3 is 0 Å². The van der Waals surface area contributed by atoms with Crippen molar-refractivity contribution in [3.8, 4) is 5.75 Å². The maximum absolute atomic E-state index is 9.24. The van der Waals surface area contributed by atoms with Gasteiger partial charge in [-0.05, 0) is 42.1 Å². The van der Waals surface area contributed by atoms with Crippen LogP contribution in [0.15, 0.2) is 41.8 Å². The average Bonchev–Trinajstić information content (AvgIpc) is 2.80. The van der Waals surface area contributed by atoms with Crippen LogP contribution in [0.3, 0.4) is 0 Å². The highest BCUT2D eigenvalue weighted by Crippen LogP contribution is 2.23. The van der Waals surface area contributed by atoms with E-state index in [1.54, 1.807) is 23.5 Å². The molecule has 0 saturated carbocycles. The highest BCUT2D eigenvalue weighted by molar-refractivity contribution is 7.09. The molecule has 1 unspecified atom stereocenters. The summed E-state index contributed by atoms with van der Waals surface area (Å²) in [6, 6.07) is 11.5. The molecule has 0 bridgehead atoms. The monoisotopic (exact) mass is 233 g/mol. The molecule has 1 aromatic carbocycles. The molecule has 1 atom stereocenters. The van der Waals surface area contributed by atoms with Crippen molar-refractivity contribution in [3.05, 3.63) is 52.2 Å². The zero-order valence-electron chi connectivity index (χ0n) is 8.97. The Labute approximate surface area is 99.4 Å². The van der Waals surface area contributed by atoms with Crippen molar-refractivity contribution in [2.45, 2.75) is 12.3 Å². The topological polar surface area (TPSA) is 46.2 Å². The van der Waals surface area contributed by atoms with Gasteiger partial charge in [0, 0.05) is 10.8 Å². The molecule has 1 aromatic heterocycles. The van der Waals surface area contributed by atoms with E-state index in [1.165, 1.54) is 10.4 Å². The van der Waals surface area contributed by atoms with E-state index in [2.05, 4.69) is 17.5 Å². The van der Waals surface area contributed by atoms with Crippen LogP contribution in [0.1, 0.15) is 16.4 Å². The van der Waals surface area contributed by atoms with Gasteiger partial charge in [0.15, 0.2) is 0 Å². The van der Waals surface area contributed by atoms with Gasteiger partial charge in [0.2, 0.25) is 0 Å². The summed E-state index contributed by atoms with van der Waals surface area (Å²) in [6.07, 6.45) is 0.971. The minimum Gasteiger partial charge on any atom is -0.508 e. The van der Waals surface area contributed by atoms with Crippen molar-refractivity contribution in [1.29, 1.82) is 0 Å². The van der Waals surface area contributed by atoms with E-state index in [1.807, 2.05) is 12.1 Å². The maximum Gasteiger partial charge on any atom is 0.115 e. The fraction of sp³-hybridized carbons (Fsp3) is 0.231. The van der Waals surface area contributed by atoms with Crippen molar-refractivity contribution in [2.75, 3.05) is 6.54 Å². The molecule has 0 amide bonds. The smallest absolute Gasteiger partial charge is 0.115 e. The fourth-order valence-corrected chi connectivity index (χ4v) is 2.54. The number of phenols is 1. The third kappa shape index (κ3) is 2.62. The lowest BCUT2D eigenvalue weighted by Gasteiger charge is -2.14. The molecule has 0 saturated heterocycles. The van der Waals surface area contributed by atoms with Crippen LogP contribution in [0.2, 0.25) is 0 Å². The molecule has 2 nitrogen and oxygen atoms in total. The van der Waals surface area contributed by atoms with Gasteiger partial charge in [-0.25, -0.2) is 0 Å². The summed E-state index contributed by atoms with van der Waals surface area (Å²) in [5.41, 5.74) is 6.99. The first kappa shape index (κ1) is 11.2. The Morgan fingerprint density at radius 3 is 2.50 bits per heavy atom. The van der Waals surface area contributed by atoms with Gasteiger partial charge in [-0.3, -0.25) is 0 Å². The number of benzene rings is 1. The molecule has 3 N–H and O–H groups in total. The Balaban J connectivity index is 2.13. The van der Waals surface area contributed by atoms with Crippen LogP contribution in [0, 0.1) is 0 Å². The fourth-order valence-electron chi connectivity index (χ4n) is 1.76. The summed E-state index contributed by atoms with van der Waals surface area (Å²) in [5, 5.41) is 11.3. The number of hydrogen-bond acceptors (Lipinski definition) is 3. The molecule has 0 aliphatic rings. The first-order chi connectivity index (χ1) is 7.79. The van der Waals surface area contributed by atoms with E-state index in [0.29, 0.717) is 18.2 Å². The molecule has 0 aliphatic carbocycles. The normalized spacial score (nSPS) is 12.6. The number of phenolic OH excluding ortho intramolecular Hbond substituents is 1. The van der Waals surface area contributed by atoms with Gasteiger partial charge in [0.05, 0.1) is 0 Å². The molecule has 0 spiro atoms. The Kier molecular flexibility index (Phi) is 3.59. The van der Waals surface area contributed by atoms with Crippen LogP contribution >= 0.6 is 11.3 Å². The van der Waals surface area contributed by atoms with E-state index in [-0.39, 0.29) is 0 Å². The number of thiophene rings is 1. The van der Waals surface area contributed by atoms with Crippen LogP contribution in [-0.2, 0) is 6.42 Å². The molecule has 0 aliphatic heterocycles. The van der Waals surface area contributed by atoms with E-state index in [9.17, 15) is 5.11 Å². The summed E-state index contributed by atoms with van der Waals surface area (Å²) in [6.45, 7) is 0.628. The van der Waals surface area contributed by atoms with Crippen molar-refractivity contribution >= 4 is 11.3 Å². The van der Waals surface area contributed by atoms with Crippen molar-refractivity contribution in [1.82, 2.24) is 0 Å². The summed E-state index contributed by atoms with van der Waals surface area (Å²) >= 11 is 1.76. The van der Waals surface area contributed by atoms with E-state index < -0.39 is 0 Å². The Morgan fingerprint density at radius 1 is 1.19 bits per heavy atom. The standard InChI is InChI=1S/C13H15NOS/c14-9-11(8-13-2-1-7-16-13)10-3-5-12(15)6-4-10/h1-7,11,15H,8-9,14H2. The van der Waals surface area contributed by atoms with Gasteiger partial charge in [-0.2, -0.15) is 0 Å². The van der Waals surface area contributed by atoms with Gasteiger partial charge in [-0.15, -0.1) is 11.3 Å².